The Morgan fingerprint density at radius 2 is 1.86 bits per heavy atom. The number of alkyl halides is 3. The third-order valence-corrected chi connectivity index (χ3v) is 4.73. The molecule has 6 nitrogen and oxygen atoms in total. The molecule has 0 aliphatic heterocycles. The first-order valence-corrected chi connectivity index (χ1v) is 11.8. The summed E-state index contributed by atoms with van der Waals surface area (Å²) in [5, 5.41) is 14.4. The molecule has 0 aliphatic rings. The summed E-state index contributed by atoms with van der Waals surface area (Å²) in [6.07, 6.45) is 2.78. The molecule has 37 heavy (non-hydrogen) atoms. The molecule has 0 saturated carbocycles. The van der Waals surface area contributed by atoms with Crippen LogP contribution in [0.1, 0.15) is 64.5 Å². The highest BCUT2D eigenvalue weighted by molar-refractivity contribution is 6.06. The molecule has 198 valence electrons. The topological polar surface area (TPSA) is 87.1 Å². The Kier molecular flexibility index (Phi) is 13.3. The number of hydrogen-bond donors (Lipinski definition) is 3. The van der Waals surface area contributed by atoms with E-state index in [9.17, 15) is 18.0 Å². The molecule has 9 heteroatoms. The van der Waals surface area contributed by atoms with Crippen LogP contribution in [0.5, 0.6) is 5.75 Å². The number of allylic oxidation sites excluding steroid dienone is 2. The SMILES string of the molecule is C=CC(=O)CCC.CCC#CN/C=C(\C)c1ccnc(Nc2ccc(OC(F)(F)F)cc2)c1C(=N)CC. The molecule has 1 aromatic carbocycles. The predicted octanol–water partition coefficient (Wildman–Crippen LogP) is 7.36. The van der Waals surface area contributed by atoms with Gasteiger partial charge in [-0.25, -0.2) is 4.98 Å². The second-order valence-corrected chi connectivity index (χ2v) is 7.66. The van der Waals surface area contributed by atoms with Crippen molar-refractivity contribution in [3.05, 3.63) is 66.5 Å². The zero-order valence-corrected chi connectivity index (χ0v) is 21.6. The second kappa shape index (κ2) is 15.8. The van der Waals surface area contributed by atoms with Crippen molar-refractivity contribution in [3.63, 3.8) is 0 Å². The van der Waals surface area contributed by atoms with Crippen LogP contribution in [0.4, 0.5) is 24.7 Å². The van der Waals surface area contributed by atoms with Gasteiger partial charge in [-0.2, -0.15) is 0 Å². The van der Waals surface area contributed by atoms with Crippen molar-refractivity contribution >= 4 is 28.6 Å². The van der Waals surface area contributed by atoms with Crippen LogP contribution in [-0.2, 0) is 4.79 Å². The van der Waals surface area contributed by atoms with E-state index >= 15 is 0 Å². The van der Waals surface area contributed by atoms with Crippen LogP contribution in [-0.4, -0.2) is 22.8 Å². The summed E-state index contributed by atoms with van der Waals surface area (Å²) >= 11 is 0. The lowest BCUT2D eigenvalue weighted by atomic mass is 9.97. The van der Waals surface area contributed by atoms with Gasteiger partial charge < -0.3 is 20.8 Å². The second-order valence-electron chi connectivity index (χ2n) is 7.66. The first-order chi connectivity index (χ1) is 17.6. The maximum absolute atomic E-state index is 12.3. The number of ether oxygens (including phenoxy) is 1. The zero-order valence-electron chi connectivity index (χ0n) is 21.6. The minimum atomic E-state index is -4.74. The number of pyridine rings is 1. The molecule has 1 aromatic heterocycles. The summed E-state index contributed by atoms with van der Waals surface area (Å²) in [5.41, 5.74) is 3.20. The summed E-state index contributed by atoms with van der Waals surface area (Å²) in [7, 11) is 0. The third-order valence-electron chi connectivity index (χ3n) is 4.73. The lowest BCUT2D eigenvalue weighted by Gasteiger charge is -2.16. The van der Waals surface area contributed by atoms with Crippen LogP contribution in [0.3, 0.4) is 0 Å². The standard InChI is InChI=1S/C22H23F3N4O.C6H10O/c1-4-6-12-27-14-15(3)18-11-13-28-21(20(18)19(26)5-2)29-16-7-9-17(10-8-16)30-22(23,24)25;1-3-5-6(7)4-2/h7-11,13-14,26-27H,4-5H2,1-3H3,(H,28,29);4H,2-3,5H2,1H3/b15-14+,26-19?;. The number of carbonyl (C=O) groups is 1. The number of carbonyl (C=O) groups excluding carboxylic acids is 1. The predicted molar refractivity (Wildman–Crippen MR) is 143 cm³/mol. The van der Waals surface area contributed by atoms with Crippen molar-refractivity contribution in [2.24, 2.45) is 0 Å². The Balaban J connectivity index is 0.000000856. The van der Waals surface area contributed by atoms with Gasteiger partial charge in [0.15, 0.2) is 5.78 Å². The molecule has 0 spiro atoms. The number of aromatic nitrogens is 1. The van der Waals surface area contributed by atoms with E-state index in [1.54, 1.807) is 12.4 Å². The van der Waals surface area contributed by atoms with Gasteiger partial charge in [-0.3, -0.25) is 4.79 Å². The Labute approximate surface area is 216 Å². The van der Waals surface area contributed by atoms with Gasteiger partial charge in [0.1, 0.15) is 11.6 Å². The van der Waals surface area contributed by atoms with Crippen LogP contribution in [0, 0.1) is 17.4 Å². The van der Waals surface area contributed by atoms with Crippen molar-refractivity contribution in [1.82, 2.24) is 10.3 Å². The molecule has 2 aromatic rings. The number of benzene rings is 1. The highest BCUT2D eigenvalue weighted by atomic mass is 19.4. The Morgan fingerprint density at radius 3 is 2.38 bits per heavy atom. The van der Waals surface area contributed by atoms with Crippen LogP contribution >= 0.6 is 0 Å². The normalized spacial score (nSPS) is 10.7. The number of nitrogens with zero attached hydrogens (tertiary/aromatic N) is 1. The van der Waals surface area contributed by atoms with Gasteiger partial charge in [-0.15, -0.1) is 13.2 Å². The smallest absolute Gasteiger partial charge is 0.406 e. The number of rotatable bonds is 10. The zero-order chi connectivity index (χ0) is 27.8. The van der Waals surface area contributed by atoms with Gasteiger partial charge in [0, 0.05) is 48.2 Å². The third kappa shape index (κ3) is 11.5. The average Bonchev–Trinajstić information content (AvgIpc) is 2.86. The minimum absolute atomic E-state index is 0.141. The molecule has 0 saturated heterocycles. The highest BCUT2D eigenvalue weighted by Gasteiger charge is 2.31. The highest BCUT2D eigenvalue weighted by Crippen LogP contribution is 2.29. The van der Waals surface area contributed by atoms with Gasteiger partial charge in [0.05, 0.1) is 0 Å². The largest absolute Gasteiger partial charge is 0.573 e. The molecular formula is C28H33F3N4O2. The molecule has 1 heterocycles. The molecule has 3 N–H and O–H groups in total. The Morgan fingerprint density at radius 1 is 1.19 bits per heavy atom. The van der Waals surface area contributed by atoms with Crippen molar-refractivity contribution in [2.45, 2.75) is 59.7 Å². The maximum atomic E-state index is 12.3. The minimum Gasteiger partial charge on any atom is -0.406 e. The first-order valence-electron chi connectivity index (χ1n) is 11.8. The van der Waals surface area contributed by atoms with Gasteiger partial charge in [-0.1, -0.05) is 33.3 Å². The summed E-state index contributed by atoms with van der Waals surface area (Å²) in [6.45, 7) is 11.0. The Hall–Kier alpha value is -4.06. The van der Waals surface area contributed by atoms with E-state index in [4.69, 9.17) is 5.41 Å². The molecule has 0 bridgehead atoms. The van der Waals surface area contributed by atoms with Crippen LogP contribution in [0.25, 0.3) is 5.57 Å². The molecule has 0 unspecified atom stereocenters. The van der Waals surface area contributed by atoms with Gasteiger partial charge in [-0.05, 0) is 67.3 Å². The summed E-state index contributed by atoms with van der Waals surface area (Å²) in [4.78, 5) is 14.6. The quantitative estimate of drug-likeness (QED) is 0.133. The van der Waals surface area contributed by atoms with Crippen LogP contribution in [0.2, 0.25) is 0 Å². The van der Waals surface area contributed by atoms with E-state index in [0.29, 0.717) is 35.6 Å². The molecule has 0 aliphatic carbocycles. The van der Waals surface area contributed by atoms with Crippen molar-refractivity contribution in [2.75, 3.05) is 5.32 Å². The van der Waals surface area contributed by atoms with Gasteiger partial charge in [0.25, 0.3) is 0 Å². The van der Waals surface area contributed by atoms with Gasteiger partial charge in [0.2, 0.25) is 0 Å². The Bertz CT molecular complexity index is 1140. The summed E-state index contributed by atoms with van der Waals surface area (Å²) in [6, 6.07) is 9.98. The molecule has 0 amide bonds. The fourth-order valence-corrected chi connectivity index (χ4v) is 2.95. The summed E-state index contributed by atoms with van der Waals surface area (Å²) in [5.74, 6) is 3.18. The molecule has 0 atom stereocenters. The number of halogens is 3. The van der Waals surface area contributed by atoms with Gasteiger partial charge >= 0.3 is 6.36 Å². The molecule has 0 radical (unpaired) electrons. The molecular weight excluding hydrogens is 481 g/mol. The fourth-order valence-electron chi connectivity index (χ4n) is 2.95. The van der Waals surface area contributed by atoms with Crippen molar-refractivity contribution in [3.8, 4) is 17.7 Å². The van der Waals surface area contributed by atoms with E-state index in [1.807, 2.05) is 33.8 Å². The first kappa shape index (κ1) is 31.0. The number of nitrogens with one attached hydrogen (secondary N) is 3. The van der Waals surface area contributed by atoms with E-state index in [-0.39, 0.29) is 11.5 Å². The van der Waals surface area contributed by atoms with E-state index < -0.39 is 6.36 Å². The van der Waals surface area contributed by atoms with E-state index in [2.05, 4.69) is 38.9 Å². The maximum Gasteiger partial charge on any atom is 0.573 e. The molecule has 2 rings (SSSR count). The lowest BCUT2D eigenvalue weighted by Crippen LogP contribution is -2.17. The number of anilines is 2. The van der Waals surface area contributed by atoms with E-state index in [1.165, 1.54) is 30.3 Å². The van der Waals surface area contributed by atoms with Crippen molar-refractivity contribution < 1.29 is 22.7 Å². The molecule has 0 fully saturated rings. The summed E-state index contributed by atoms with van der Waals surface area (Å²) < 4.78 is 40.9. The number of hydrogen-bond acceptors (Lipinski definition) is 6. The number of ketones is 1. The van der Waals surface area contributed by atoms with Crippen molar-refractivity contribution in [1.29, 1.82) is 5.41 Å². The lowest BCUT2D eigenvalue weighted by molar-refractivity contribution is -0.274. The monoisotopic (exact) mass is 514 g/mol. The van der Waals surface area contributed by atoms with Crippen LogP contribution in [0.15, 0.2) is 55.4 Å². The van der Waals surface area contributed by atoms with Crippen LogP contribution < -0.4 is 15.4 Å². The average molecular weight is 515 g/mol. The van der Waals surface area contributed by atoms with E-state index in [0.717, 1.165) is 24.0 Å². The fraction of sp³-hybridized carbons (Fsp3) is 0.321.